The van der Waals surface area contributed by atoms with E-state index in [2.05, 4.69) is 6.92 Å². The second kappa shape index (κ2) is 5.17. The summed E-state index contributed by atoms with van der Waals surface area (Å²) in [5.41, 5.74) is 2.12. The molecule has 1 rings (SSSR count). The Kier molecular flexibility index (Phi) is 4.15. The minimum atomic E-state index is -0.0827. The SMILES string of the molecule is [CH2]C(CO)c1cccc(OC(C)C)c1C. The van der Waals surface area contributed by atoms with Crippen LogP contribution in [0.25, 0.3) is 0 Å². The van der Waals surface area contributed by atoms with E-state index >= 15 is 0 Å². The summed E-state index contributed by atoms with van der Waals surface area (Å²) in [5, 5.41) is 9.08. The van der Waals surface area contributed by atoms with Crippen LogP contribution >= 0.6 is 0 Å². The van der Waals surface area contributed by atoms with Gasteiger partial charge in [0.25, 0.3) is 0 Å². The molecule has 0 saturated carbocycles. The molecule has 0 aliphatic rings. The van der Waals surface area contributed by atoms with Gasteiger partial charge in [0.1, 0.15) is 5.75 Å². The molecule has 2 heteroatoms. The smallest absolute Gasteiger partial charge is 0.122 e. The first-order chi connectivity index (χ1) is 7.06. The highest BCUT2D eigenvalue weighted by Gasteiger charge is 2.11. The van der Waals surface area contributed by atoms with Crippen molar-refractivity contribution in [3.05, 3.63) is 36.2 Å². The van der Waals surface area contributed by atoms with Gasteiger partial charge in [0, 0.05) is 12.5 Å². The van der Waals surface area contributed by atoms with E-state index in [0.29, 0.717) is 0 Å². The third-order valence-corrected chi connectivity index (χ3v) is 2.35. The van der Waals surface area contributed by atoms with Gasteiger partial charge >= 0.3 is 0 Å². The average molecular weight is 207 g/mol. The molecule has 0 aliphatic carbocycles. The van der Waals surface area contributed by atoms with Crippen LogP contribution in [0, 0.1) is 13.8 Å². The molecule has 0 fully saturated rings. The first kappa shape index (κ1) is 12.1. The number of aliphatic hydroxyl groups is 1. The van der Waals surface area contributed by atoms with Gasteiger partial charge in [-0.2, -0.15) is 0 Å². The zero-order chi connectivity index (χ0) is 11.4. The molecule has 1 atom stereocenters. The van der Waals surface area contributed by atoms with Crippen LogP contribution < -0.4 is 4.74 Å². The molecule has 1 aromatic carbocycles. The molecule has 1 aromatic rings. The maximum atomic E-state index is 9.08. The number of benzene rings is 1. The molecule has 0 aromatic heterocycles. The molecule has 83 valence electrons. The van der Waals surface area contributed by atoms with Crippen molar-refractivity contribution in [2.75, 3.05) is 6.61 Å². The summed E-state index contributed by atoms with van der Waals surface area (Å²) in [7, 11) is 0. The van der Waals surface area contributed by atoms with Gasteiger partial charge in [-0.25, -0.2) is 0 Å². The Morgan fingerprint density at radius 3 is 2.60 bits per heavy atom. The summed E-state index contributed by atoms with van der Waals surface area (Å²) in [6, 6.07) is 5.87. The van der Waals surface area contributed by atoms with E-state index < -0.39 is 0 Å². The second-order valence-electron chi connectivity index (χ2n) is 4.02. The van der Waals surface area contributed by atoms with Gasteiger partial charge in [-0.1, -0.05) is 12.1 Å². The molecule has 0 aliphatic heterocycles. The quantitative estimate of drug-likeness (QED) is 0.822. The first-order valence-corrected chi connectivity index (χ1v) is 5.26. The predicted molar refractivity (Wildman–Crippen MR) is 62.1 cm³/mol. The lowest BCUT2D eigenvalue weighted by atomic mass is 9.96. The standard InChI is InChI=1S/C13H19O2/c1-9(2)15-13-7-5-6-12(11(13)4)10(3)8-14/h5-7,9-10,14H,3,8H2,1-2,4H3. The molecule has 0 spiro atoms. The lowest BCUT2D eigenvalue weighted by Gasteiger charge is -2.17. The Morgan fingerprint density at radius 1 is 1.40 bits per heavy atom. The molecular formula is C13H19O2. The fraction of sp³-hybridized carbons (Fsp3) is 0.462. The molecular weight excluding hydrogens is 188 g/mol. The highest BCUT2D eigenvalue weighted by atomic mass is 16.5. The van der Waals surface area contributed by atoms with Gasteiger partial charge in [-0.15, -0.1) is 0 Å². The van der Waals surface area contributed by atoms with E-state index in [0.717, 1.165) is 16.9 Å². The number of aliphatic hydroxyl groups excluding tert-OH is 1. The van der Waals surface area contributed by atoms with Gasteiger partial charge in [0.2, 0.25) is 0 Å². The van der Waals surface area contributed by atoms with Crippen LogP contribution in [0.4, 0.5) is 0 Å². The van der Waals surface area contributed by atoms with E-state index in [-0.39, 0.29) is 18.6 Å². The highest BCUT2D eigenvalue weighted by molar-refractivity contribution is 5.41. The highest BCUT2D eigenvalue weighted by Crippen LogP contribution is 2.27. The Morgan fingerprint density at radius 2 is 2.07 bits per heavy atom. The fourth-order valence-corrected chi connectivity index (χ4v) is 1.55. The van der Waals surface area contributed by atoms with Crippen LogP contribution in [0.15, 0.2) is 18.2 Å². The lowest BCUT2D eigenvalue weighted by molar-refractivity contribution is 0.239. The average Bonchev–Trinajstić information content (AvgIpc) is 2.19. The molecule has 0 amide bonds. The zero-order valence-electron chi connectivity index (χ0n) is 9.66. The molecule has 0 bridgehead atoms. The maximum absolute atomic E-state index is 9.08. The van der Waals surface area contributed by atoms with Crippen LogP contribution in [0.1, 0.15) is 30.9 Å². The number of hydrogen-bond donors (Lipinski definition) is 1. The van der Waals surface area contributed by atoms with Crippen molar-refractivity contribution in [2.24, 2.45) is 0 Å². The molecule has 0 heterocycles. The Labute approximate surface area is 91.9 Å². The summed E-state index contributed by atoms with van der Waals surface area (Å²) < 4.78 is 5.67. The van der Waals surface area contributed by atoms with Crippen LogP contribution in [0.3, 0.4) is 0 Å². The fourth-order valence-electron chi connectivity index (χ4n) is 1.55. The summed E-state index contributed by atoms with van der Waals surface area (Å²) in [6.45, 7) is 9.96. The van der Waals surface area contributed by atoms with Crippen LogP contribution in [0.2, 0.25) is 0 Å². The van der Waals surface area contributed by atoms with E-state index in [1.807, 2.05) is 39.0 Å². The lowest BCUT2D eigenvalue weighted by Crippen LogP contribution is -2.09. The molecule has 1 unspecified atom stereocenters. The second-order valence-corrected chi connectivity index (χ2v) is 4.02. The van der Waals surface area contributed by atoms with E-state index in [9.17, 15) is 0 Å². The molecule has 15 heavy (non-hydrogen) atoms. The monoisotopic (exact) mass is 207 g/mol. The first-order valence-electron chi connectivity index (χ1n) is 5.26. The molecule has 1 N–H and O–H groups in total. The van der Waals surface area contributed by atoms with Crippen molar-refractivity contribution in [2.45, 2.75) is 32.8 Å². The van der Waals surface area contributed by atoms with Crippen molar-refractivity contribution in [1.82, 2.24) is 0 Å². The maximum Gasteiger partial charge on any atom is 0.122 e. The minimum absolute atomic E-state index is 0.0615. The summed E-state index contributed by atoms with van der Waals surface area (Å²) in [5.74, 6) is 0.797. The van der Waals surface area contributed by atoms with Crippen LogP contribution in [-0.2, 0) is 0 Å². The molecule has 0 saturated heterocycles. The summed E-state index contributed by atoms with van der Waals surface area (Å²) in [6.07, 6.45) is 0.163. The van der Waals surface area contributed by atoms with E-state index in [1.54, 1.807) is 0 Å². The van der Waals surface area contributed by atoms with Gasteiger partial charge in [-0.05, 0) is 44.9 Å². The van der Waals surface area contributed by atoms with Crippen LogP contribution in [-0.4, -0.2) is 17.8 Å². The topological polar surface area (TPSA) is 29.5 Å². The minimum Gasteiger partial charge on any atom is -0.491 e. The molecule has 1 radical (unpaired) electrons. The normalized spacial score (nSPS) is 12.9. The van der Waals surface area contributed by atoms with Crippen molar-refractivity contribution in [3.8, 4) is 5.75 Å². The third-order valence-electron chi connectivity index (χ3n) is 2.35. The van der Waals surface area contributed by atoms with Gasteiger partial charge < -0.3 is 9.84 Å². The van der Waals surface area contributed by atoms with E-state index in [1.165, 1.54) is 0 Å². The predicted octanol–water partition coefficient (Wildman–Crippen LogP) is 2.69. The van der Waals surface area contributed by atoms with Gasteiger partial charge in [-0.3, -0.25) is 0 Å². The Bertz CT molecular complexity index is 318. The number of ether oxygens (including phenoxy) is 1. The van der Waals surface area contributed by atoms with Gasteiger partial charge in [0.15, 0.2) is 0 Å². The van der Waals surface area contributed by atoms with E-state index in [4.69, 9.17) is 9.84 Å². The number of rotatable bonds is 4. The van der Waals surface area contributed by atoms with Crippen molar-refractivity contribution in [3.63, 3.8) is 0 Å². The summed E-state index contributed by atoms with van der Waals surface area (Å²) in [4.78, 5) is 0. The Balaban J connectivity index is 3.00. The summed E-state index contributed by atoms with van der Waals surface area (Å²) >= 11 is 0. The molecule has 2 nitrogen and oxygen atoms in total. The van der Waals surface area contributed by atoms with Crippen molar-refractivity contribution < 1.29 is 9.84 Å². The Hall–Kier alpha value is -1.02. The van der Waals surface area contributed by atoms with Crippen molar-refractivity contribution in [1.29, 1.82) is 0 Å². The number of hydrogen-bond acceptors (Lipinski definition) is 2. The zero-order valence-corrected chi connectivity index (χ0v) is 9.66. The largest absolute Gasteiger partial charge is 0.491 e. The van der Waals surface area contributed by atoms with Crippen molar-refractivity contribution >= 4 is 0 Å². The van der Waals surface area contributed by atoms with Gasteiger partial charge in [0.05, 0.1) is 6.10 Å². The van der Waals surface area contributed by atoms with Crippen LogP contribution in [0.5, 0.6) is 5.75 Å². The third kappa shape index (κ3) is 2.96.